The van der Waals surface area contributed by atoms with Gasteiger partial charge in [-0.15, -0.1) is 0 Å². The van der Waals surface area contributed by atoms with Gasteiger partial charge < -0.3 is 10.1 Å². The van der Waals surface area contributed by atoms with Crippen LogP contribution in [-0.4, -0.2) is 25.5 Å². The molecule has 0 fully saturated rings. The van der Waals surface area contributed by atoms with E-state index in [9.17, 15) is 9.59 Å². The summed E-state index contributed by atoms with van der Waals surface area (Å²) < 4.78 is 4.94. The predicted molar refractivity (Wildman–Crippen MR) is 60.1 cm³/mol. The molecule has 0 heterocycles. The van der Waals surface area contributed by atoms with Crippen LogP contribution in [0.1, 0.15) is 22.3 Å². The van der Waals surface area contributed by atoms with Crippen LogP contribution in [0.3, 0.4) is 0 Å². The SMILES string of the molecule is CNC(=O)CCOC(=O)c1ccc(C)cc1. The molecule has 0 aliphatic rings. The third-order valence-electron chi connectivity index (χ3n) is 2.13. The summed E-state index contributed by atoms with van der Waals surface area (Å²) in [5, 5.41) is 2.46. The number of benzene rings is 1. The second-order valence-corrected chi connectivity index (χ2v) is 3.43. The lowest BCUT2D eigenvalue weighted by atomic mass is 10.1. The number of nitrogens with one attached hydrogen (secondary N) is 1. The lowest BCUT2D eigenvalue weighted by Gasteiger charge is -2.04. The molecule has 0 saturated carbocycles. The van der Waals surface area contributed by atoms with Gasteiger partial charge in [0.1, 0.15) is 6.61 Å². The summed E-state index contributed by atoms with van der Waals surface area (Å²) in [7, 11) is 1.55. The van der Waals surface area contributed by atoms with Gasteiger partial charge in [-0.05, 0) is 19.1 Å². The second kappa shape index (κ2) is 5.90. The van der Waals surface area contributed by atoms with Gasteiger partial charge in [-0.1, -0.05) is 17.7 Å². The number of amides is 1. The smallest absolute Gasteiger partial charge is 0.338 e. The normalized spacial score (nSPS) is 9.62. The van der Waals surface area contributed by atoms with Gasteiger partial charge in [-0.3, -0.25) is 4.79 Å². The first-order chi connectivity index (χ1) is 7.63. The van der Waals surface area contributed by atoms with E-state index in [-0.39, 0.29) is 18.9 Å². The Morgan fingerprint density at radius 1 is 1.25 bits per heavy atom. The van der Waals surface area contributed by atoms with Crippen molar-refractivity contribution in [3.8, 4) is 0 Å². The molecule has 0 saturated heterocycles. The van der Waals surface area contributed by atoms with Crippen LogP contribution < -0.4 is 5.32 Å². The number of hydrogen-bond acceptors (Lipinski definition) is 3. The van der Waals surface area contributed by atoms with Crippen LogP contribution in [0.15, 0.2) is 24.3 Å². The van der Waals surface area contributed by atoms with Gasteiger partial charge in [0.25, 0.3) is 0 Å². The Morgan fingerprint density at radius 3 is 2.44 bits per heavy atom. The molecule has 0 bridgehead atoms. The summed E-state index contributed by atoms with van der Waals surface area (Å²) >= 11 is 0. The van der Waals surface area contributed by atoms with Crippen LogP contribution in [-0.2, 0) is 9.53 Å². The number of rotatable bonds is 4. The first-order valence-electron chi connectivity index (χ1n) is 5.08. The number of carbonyl (C=O) groups is 2. The van der Waals surface area contributed by atoms with Gasteiger partial charge in [0.05, 0.1) is 12.0 Å². The summed E-state index contributed by atoms with van der Waals surface area (Å²) in [6, 6.07) is 7.10. The second-order valence-electron chi connectivity index (χ2n) is 3.43. The Hall–Kier alpha value is -1.84. The topological polar surface area (TPSA) is 55.4 Å². The minimum atomic E-state index is -0.399. The average Bonchev–Trinajstić information content (AvgIpc) is 2.29. The van der Waals surface area contributed by atoms with Gasteiger partial charge >= 0.3 is 5.97 Å². The van der Waals surface area contributed by atoms with Crippen molar-refractivity contribution >= 4 is 11.9 Å². The monoisotopic (exact) mass is 221 g/mol. The fraction of sp³-hybridized carbons (Fsp3) is 0.333. The zero-order valence-corrected chi connectivity index (χ0v) is 9.45. The number of esters is 1. The van der Waals surface area contributed by atoms with Crippen molar-refractivity contribution in [1.82, 2.24) is 5.32 Å². The Kier molecular flexibility index (Phi) is 4.51. The first kappa shape index (κ1) is 12.2. The van der Waals surface area contributed by atoms with Crippen LogP contribution >= 0.6 is 0 Å². The Balaban J connectivity index is 2.41. The average molecular weight is 221 g/mol. The largest absolute Gasteiger partial charge is 0.462 e. The van der Waals surface area contributed by atoms with Crippen LogP contribution in [0.2, 0.25) is 0 Å². The summed E-state index contributed by atoms with van der Waals surface area (Å²) in [5.74, 6) is -0.541. The van der Waals surface area contributed by atoms with E-state index < -0.39 is 5.97 Å². The fourth-order valence-corrected chi connectivity index (χ4v) is 1.13. The molecule has 0 radical (unpaired) electrons. The molecule has 4 nitrogen and oxygen atoms in total. The molecule has 1 amide bonds. The zero-order valence-electron chi connectivity index (χ0n) is 9.45. The Morgan fingerprint density at radius 2 is 1.88 bits per heavy atom. The lowest BCUT2D eigenvalue weighted by molar-refractivity contribution is -0.121. The van der Waals surface area contributed by atoms with Crippen molar-refractivity contribution in [2.75, 3.05) is 13.7 Å². The van der Waals surface area contributed by atoms with Crippen molar-refractivity contribution < 1.29 is 14.3 Å². The van der Waals surface area contributed by atoms with Crippen LogP contribution in [0, 0.1) is 6.92 Å². The van der Waals surface area contributed by atoms with E-state index in [0.29, 0.717) is 5.56 Å². The molecule has 1 N–H and O–H groups in total. The van der Waals surface area contributed by atoms with Crippen LogP contribution in [0.5, 0.6) is 0 Å². The standard InChI is InChI=1S/C12H15NO3/c1-9-3-5-10(6-4-9)12(15)16-8-7-11(14)13-2/h3-6H,7-8H2,1-2H3,(H,13,14). The molecular weight excluding hydrogens is 206 g/mol. The van der Waals surface area contributed by atoms with E-state index in [1.165, 1.54) is 0 Å². The van der Waals surface area contributed by atoms with Crippen molar-refractivity contribution in [3.63, 3.8) is 0 Å². The molecule has 86 valence electrons. The molecule has 0 aliphatic heterocycles. The minimum absolute atomic E-state index is 0.104. The van der Waals surface area contributed by atoms with Gasteiger partial charge in [0, 0.05) is 7.05 Å². The number of carbonyl (C=O) groups excluding carboxylic acids is 2. The molecule has 0 aliphatic carbocycles. The van der Waals surface area contributed by atoms with Crippen molar-refractivity contribution in [1.29, 1.82) is 0 Å². The quantitative estimate of drug-likeness (QED) is 0.779. The van der Waals surface area contributed by atoms with Crippen molar-refractivity contribution in [2.24, 2.45) is 0 Å². The highest BCUT2D eigenvalue weighted by Crippen LogP contribution is 2.04. The molecule has 0 spiro atoms. The molecule has 0 aromatic heterocycles. The molecule has 1 aromatic rings. The van der Waals surface area contributed by atoms with Gasteiger partial charge in [0.2, 0.25) is 5.91 Å². The van der Waals surface area contributed by atoms with Crippen LogP contribution in [0.25, 0.3) is 0 Å². The lowest BCUT2D eigenvalue weighted by Crippen LogP contribution is -2.20. The molecule has 1 rings (SSSR count). The third kappa shape index (κ3) is 3.73. The van der Waals surface area contributed by atoms with Gasteiger partial charge in [0.15, 0.2) is 0 Å². The summed E-state index contributed by atoms with van der Waals surface area (Å²) in [6.45, 7) is 2.05. The van der Waals surface area contributed by atoms with E-state index in [2.05, 4.69) is 5.32 Å². The van der Waals surface area contributed by atoms with Crippen molar-refractivity contribution in [3.05, 3.63) is 35.4 Å². The zero-order chi connectivity index (χ0) is 12.0. The molecular formula is C12H15NO3. The maximum atomic E-state index is 11.5. The van der Waals surface area contributed by atoms with E-state index in [1.807, 2.05) is 19.1 Å². The Labute approximate surface area is 94.6 Å². The minimum Gasteiger partial charge on any atom is -0.462 e. The summed E-state index contributed by atoms with van der Waals surface area (Å²) in [5.41, 5.74) is 1.59. The maximum Gasteiger partial charge on any atom is 0.338 e. The number of aryl methyl sites for hydroxylation is 1. The Bertz CT molecular complexity index is 370. The van der Waals surface area contributed by atoms with E-state index in [0.717, 1.165) is 5.56 Å². The van der Waals surface area contributed by atoms with Gasteiger partial charge in [-0.2, -0.15) is 0 Å². The van der Waals surface area contributed by atoms with Gasteiger partial charge in [-0.25, -0.2) is 4.79 Å². The highest BCUT2D eigenvalue weighted by atomic mass is 16.5. The number of ether oxygens (including phenoxy) is 1. The molecule has 16 heavy (non-hydrogen) atoms. The first-order valence-corrected chi connectivity index (χ1v) is 5.08. The van der Waals surface area contributed by atoms with E-state index >= 15 is 0 Å². The summed E-state index contributed by atoms with van der Waals surface area (Å²) in [6.07, 6.45) is 0.189. The third-order valence-corrected chi connectivity index (χ3v) is 2.13. The van der Waals surface area contributed by atoms with E-state index in [4.69, 9.17) is 4.74 Å². The summed E-state index contributed by atoms with van der Waals surface area (Å²) in [4.78, 5) is 22.3. The maximum absolute atomic E-state index is 11.5. The van der Waals surface area contributed by atoms with Crippen molar-refractivity contribution in [2.45, 2.75) is 13.3 Å². The molecule has 0 atom stereocenters. The molecule has 0 unspecified atom stereocenters. The predicted octanol–water partition coefficient (Wildman–Crippen LogP) is 1.29. The van der Waals surface area contributed by atoms with Crippen LogP contribution in [0.4, 0.5) is 0 Å². The molecule has 4 heteroatoms. The van der Waals surface area contributed by atoms with E-state index in [1.54, 1.807) is 19.2 Å². The number of hydrogen-bond donors (Lipinski definition) is 1. The highest BCUT2D eigenvalue weighted by molar-refractivity contribution is 5.89. The highest BCUT2D eigenvalue weighted by Gasteiger charge is 2.07. The fourth-order valence-electron chi connectivity index (χ4n) is 1.13. The molecule has 1 aromatic carbocycles.